The molecule has 0 aliphatic carbocycles. The predicted octanol–water partition coefficient (Wildman–Crippen LogP) is 6.55. The fraction of sp³-hybridized carbons (Fsp3) is 0.567. The summed E-state index contributed by atoms with van der Waals surface area (Å²) in [4.78, 5) is 13.4. The Morgan fingerprint density at radius 1 is 1.17 bits per heavy atom. The number of aliphatic hydroxyl groups is 1. The fourth-order valence-electron chi connectivity index (χ4n) is 5.75. The highest BCUT2D eigenvalue weighted by Gasteiger charge is 2.56. The lowest BCUT2D eigenvalue weighted by Crippen LogP contribution is -2.74. The number of rotatable bonds is 10. The van der Waals surface area contributed by atoms with Gasteiger partial charge in [-0.2, -0.15) is 13.2 Å². The summed E-state index contributed by atoms with van der Waals surface area (Å²) in [7, 11) is 0. The van der Waals surface area contributed by atoms with E-state index in [4.69, 9.17) is 31.7 Å². The number of aliphatic hydroxyl groups excluding tert-OH is 1. The fourth-order valence-corrected chi connectivity index (χ4v) is 5.95. The molecule has 1 spiro atoms. The van der Waals surface area contributed by atoms with Crippen molar-refractivity contribution in [3.63, 3.8) is 0 Å². The first-order chi connectivity index (χ1) is 19.2. The minimum absolute atomic E-state index is 0.148. The number of halogens is 4. The van der Waals surface area contributed by atoms with Gasteiger partial charge in [-0.3, -0.25) is 4.90 Å². The molecule has 0 unspecified atom stereocenters. The second kappa shape index (κ2) is 11.9. The molecule has 7 nitrogen and oxygen atoms in total. The van der Waals surface area contributed by atoms with E-state index in [0.717, 1.165) is 17.6 Å². The second-order valence-corrected chi connectivity index (χ2v) is 12.1. The van der Waals surface area contributed by atoms with Gasteiger partial charge in [0.1, 0.15) is 24.2 Å². The summed E-state index contributed by atoms with van der Waals surface area (Å²) in [6.45, 7) is 12.8. The van der Waals surface area contributed by atoms with Crippen LogP contribution in [0.15, 0.2) is 23.8 Å². The molecule has 11 heteroatoms. The molecule has 2 aromatic rings. The van der Waals surface area contributed by atoms with Crippen LogP contribution >= 0.6 is 11.6 Å². The van der Waals surface area contributed by atoms with Crippen molar-refractivity contribution in [2.24, 2.45) is 5.41 Å². The monoisotopic (exact) mass is 593 g/mol. The summed E-state index contributed by atoms with van der Waals surface area (Å²) in [5, 5.41) is 19.0. The molecule has 41 heavy (non-hydrogen) atoms. The summed E-state index contributed by atoms with van der Waals surface area (Å²) in [5.74, 6) is 1.57. The molecular formula is C30H39ClF3N5O2. The van der Waals surface area contributed by atoms with E-state index >= 15 is 0 Å². The molecule has 2 N–H and O–H groups in total. The number of likely N-dealkylation sites (tertiary alicyclic amines) is 1. The van der Waals surface area contributed by atoms with Crippen LogP contribution in [0.3, 0.4) is 0 Å². The number of nitrogens with one attached hydrogen (secondary N) is 1. The minimum Gasteiger partial charge on any atom is -0.491 e. The van der Waals surface area contributed by atoms with Gasteiger partial charge in [0.05, 0.1) is 16.8 Å². The van der Waals surface area contributed by atoms with Crippen LogP contribution in [0.5, 0.6) is 5.75 Å². The van der Waals surface area contributed by atoms with Gasteiger partial charge in [0.2, 0.25) is 0 Å². The summed E-state index contributed by atoms with van der Waals surface area (Å²) in [6.07, 6.45) is -3.35. The lowest BCUT2D eigenvalue weighted by Gasteiger charge is -2.62. The first kappa shape index (κ1) is 31.3. The van der Waals surface area contributed by atoms with Crippen LogP contribution in [0, 0.1) is 17.7 Å². The highest BCUT2D eigenvalue weighted by atomic mass is 35.5. The molecule has 0 saturated carbocycles. The van der Waals surface area contributed by atoms with Gasteiger partial charge in [-0.15, -0.1) is 0 Å². The summed E-state index contributed by atoms with van der Waals surface area (Å²) in [5.41, 5.74) is 3.79. The van der Waals surface area contributed by atoms with Gasteiger partial charge in [0, 0.05) is 54.0 Å². The van der Waals surface area contributed by atoms with Crippen molar-refractivity contribution in [2.75, 3.05) is 37.7 Å². The van der Waals surface area contributed by atoms with Crippen molar-refractivity contribution in [1.29, 1.82) is 5.41 Å². The zero-order chi connectivity index (χ0) is 30.3. The highest BCUT2D eigenvalue weighted by Crippen LogP contribution is 2.46. The average molecular weight is 594 g/mol. The molecule has 3 heterocycles. The first-order valence-corrected chi connectivity index (χ1v) is 14.3. The molecule has 224 valence electrons. The molecule has 2 saturated heterocycles. The van der Waals surface area contributed by atoms with Gasteiger partial charge >= 0.3 is 6.18 Å². The third-order valence-corrected chi connectivity index (χ3v) is 8.26. The summed E-state index contributed by atoms with van der Waals surface area (Å²) >= 11 is 6.63. The molecule has 2 fully saturated rings. The zero-order valence-corrected chi connectivity index (χ0v) is 25.2. The Kier molecular flexibility index (Phi) is 9.07. The highest BCUT2D eigenvalue weighted by molar-refractivity contribution is 6.33. The van der Waals surface area contributed by atoms with Crippen LogP contribution in [-0.4, -0.2) is 76.8 Å². The molecular weight excluding hydrogens is 555 g/mol. The number of alkyl halides is 3. The maximum absolute atomic E-state index is 13.2. The zero-order valence-electron chi connectivity index (χ0n) is 24.5. The lowest BCUT2D eigenvalue weighted by molar-refractivity contribution is -0.207. The Hall–Kier alpha value is -2.69. The van der Waals surface area contributed by atoms with Crippen molar-refractivity contribution in [2.45, 2.75) is 72.7 Å². The van der Waals surface area contributed by atoms with Crippen molar-refractivity contribution in [3.8, 4) is 17.1 Å². The Bertz CT molecular complexity index is 1330. The molecule has 2 aliphatic rings. The van der Waals surface area contributed by atoms with Gasteiger partial charge in [-0.05, 0) is 59.2 Å². The largest absolute Gasteiger partial charge is 0.491 e. The molecule has 1 aromatic carbocycles. The molecule has 0 amide bonds. The third kappa shape index (κ3) is 6.54. The van der Waals surface area contributed by atoms with E-state index in [2.05, 4.69) is 4.90 Å². The van der Waals surface area contributed by atoms with E-state index in [0.29, 0.717) is 77.6 Å². The minimum atomic E-state index is -4.24. The molecule has 1 aromatic heterocycles. The van der Waals surface area contributed by atoms with E-state index in [1.165, 1.54) is 11.8 Å². The Balaban J connectivity index is 1.68. The number of allylic oxidation sites excluding steroid dienone is 2. The van der Waals surface area contributed by atoms with Gasteiger partial charge < -0.3 is 20.2 Å². The van der Waals surface area contributed by atoms with Crippen LogP contribution in [0.1, 0.15) is 58.7 Å². The van der Waals surface area contributed by atoms with Crippen LogP contribution in [-0.2, 0) is 0 Å². The average Bonchev–Trinajstić information content (AvgIpc) is 2.82. The predicted molar refractivity (Wildman–Crippen MR) is 157 cm³/mol. The van der Waals surface area contributed by atoms with E-state index < -0.39 is 18.3 Å². The second-order valence-electron chi connectivity index (χ2n) is 11.7. The summed E-state index contributed by atoms with van der Waals surface area (Å²) in [6, 6.07) is 3.72. The van der Waals surface area contributed by atoms with Crippen molar-refractivity contribution in [1.82, 2.24) is 14.9 Å². The van der Waals surface area contributed by atoms with Gasteiger partial charge in [0.15, 0.2) is 5.82 Å². The standard InChI is InChI=1S/C30H39ClF3N5O2/c1-7-8-21(40)12-41-22-9-10-24(31)23(11-22)27-36-26(25(17(2)3)19(5)35)18(4)28(37-27)39-15-29(16-39)13-38(14-29)20(6)30(32,33)34/h9-11,20-21,35,40H,7-8,12-16H2,1-6H3/t20-,21-/m1/s1. The quantitative estimate of drug-likeness (QED) is 0.304. The lowest BCUT2D eigenvalue weighted by atomic mass is 9.72. The number of ether oxygens (including phenoxy) is 1. The van der Waals surface area contributed by atoms with Crippen LogP contribution in [0.4, 0.5) is 19.0 Å². The van der Waals surface area contributed by atoms with E-state index in [1.54, 1.807) is 25.1 Å². The van der Waals surface area contributed by atoms with Crippen LogP contribution in [0.2, 0.25) is 5.02 Å². The van der Waals surface area contributed by atoms with Gasteiger partial charge in [0.25, 0.3) is 0 Å². The number of anilines is 1. The number of benzene rings is 1. The van der Waals surface area contributed by atoms with Crippen LogP contribution < -0.4 is 9.64 Å². The normalized spacial score (nSPS) is 18.0. The maximum atomic E-state index is 13.2. The Labute approximate surface area is 244 Å². The van der Waals surface area contributed by atoms with Gasteiger partial charge in [-0.25, -0.2) is 9.97 Å². The molecule has 4 rings (SSSR count). The Morgan fingerprint density at radius 2 is 1.83 bits per heavy atom. The molecule has 2 atom stereocenters. The number of hydrogen-bond donors (Lipinski definition) is 2. The van der Waals surface area contributed by atoms with Crippen molar-refractivity contribution in [3.05, 3.63) is 40.1 Å². The summed E-state index contributed by atoms with van der Waals surface area (Å²) < 4.78 is 45.4. The number of aromatic nitrogens is 2. The van der Waals surface area contributed by atoms with E-state index in [-0.39, 0.29) is 12.0 Å². The molecule has 0 radical (unpaired) electrons. The molecule has 0 bridgehead atoms. The number of hydrogen-bond acceptors (Lipinski definition) is 7. The van der Waals surface area contributed by atoms with Gasteiger partial charge in [-0.1, -0.05) is 30.5 Å². The number of nitrogens with zero attached hydrogens (tertiary/aromatic N) is 4. The van der Waals surface area contributed by atoms with Crippen molar-refractivity contribution >= 4 is 28.7 Å². The third-order valence-electron chi connectivity index (χ3n) is 7.93. The molecule has 2 aliphatic heterocycles. The Morgan fingerprint density at radius 3 is 2.39 bits per heavy atom. The maximum Gasteiger partial charge on any atom is 0.403 e. The first-order valence-electron chi connectivity index (χ1n) is 13.9. The van der Waals surface area contributed by atoms with E-state index in [1.807, 2.05) is 27.7 Å². The SMILES string of the molecule is CCC[C@@H](O)COc1ccc(Cl)c(-c2nc(C(C(C)=N)=C(C)C)c(C)c(N3CC4(C3)CN([C@H](C)C(F)(F)F)C4)n2)c1. The smallest absolute Gasteiger partial charge is 0.403 e. The van der Waals surface area contributed by atoms with Crippen molar-refractivity contribution < 1.29 is 23.0 Å². The van der Waals surface area contributed by atoms with Crippen LogP contribution in [0.25, 0.3) is 17.0 Å². The van der Waals surface area contributed by atoms with E-state index in [9.17, 15) is 18.3 Å². The topological polar surface area (TPSA) is 85.6 Å².